The molecule has 0 aromatic carbocycles. The van der Waals surface area contributed by atoms with Crippen molar-refractivity contribution in [2.75, 3.05) is 13.2 Å². The fourth-order valence-electron chi connectivity index (χ4n) is 1.11. The van der Waals surface area contributed by atoms with E-state index in [0.29, 0.717) is 6.67 Å². The molecule has 0 aromatic rings. The van der Waals surface area contributed by atoms with Crippen LogP contribution in [-0.2, 0) is 0 Å². The molecule has 3 N–H and O–H groups in total. The van der Waals surface area contributed by atoms with Gasteiger partial charge in [0.25, 0.3) is 0 Å². The fraction of sp³-hybridized carbons (Fsp3) is 0.556. The normalized spacial score (nSPS) is 19.6. The van der Waals surface area contributed by atoms with E-state index in [9.17, 15) is 0 Å². The predicted octanol–water partition coefficient (Wildman–Crippen LogP) is -0.0704. The number of allylic oxidation sites excluding steroid dienone is 2. The quantitative estimate of drug-likeness (QED) is 0.377. The minimum atomic E-state index is -0.884. The van der Waals surface area contributed by atoms with Crippen LogP contribution in [0.25, 0.3) is 0 Å². The molecule has 14 heavy (non-hydrogen) atoms. The van der Waals surface area contributed by atoms with Crippen LogP contribution in [0.2, 0.25) is 0 Å². The van der Waals surface area contributed by atoms with E-state index in [1.165, 1.54) is 0 Å². The van der Waals surface area contributed by atoms with E-state index in [1.807, 2.05) is 24.8 Å². The van der Waals surface area contributed by atoms with E-state index in [2.05, 4.69) is 9.98 Å². The Kier molecular flexibility index (Phi) is 3.79. The molecule has 0 saturated carbocycles. The van der Waals surface area contributed by atoms with Gasteiger partial charge in [0, 0.05) is 11.4 Å². The number of hydrogen-bond donors (Lipinski definition) is 2. The first kappa shape index (κ1) is 10.9. The second-order valence-corrected chi connectivity index (χ2v) is 3.24. The topological polar surface area (TPSA) is 74.2 Å². The Hall–Kier alpha value is -1.20. The van der Waals surface area contributed by atoms with Crippen molar-refractivity contribution < 1.29 is 5.11 Å². The molecule has 1 rings (SSSR count). The molecule has 78 valence electrons. The zero-order valence-corrected chi connectivity index (χ0v) is 8.51. The molecular weight excluding hydrogens is 180 g/mol. The van der Waals surface area contributed by atoms with Gasteiger partial charge in [0.05, 0.1) is 12.9 Å². The van der Waals surface area contributed by atoms with Crippen molar-refractivity contribution in [3.63, 3.8) is 0 Å². The Morgan fingerprint density at radius 3 is 3.07 bits per heavy atom. The van der Waals surface area contributed by atoms with Crippen LogP contribution >= 0.6 is 0 Å². The van der Waals surface area contributed by atoms with Gasteiger partial charge in [0.2, 0.25) is 0 Å². The SMILES string of the molecule is CC1=CC(C)=NCN1/C=N\CC(N)O. The summed E-state index contributed by atoms with van der Waals surface area (Å²) in [4.78, 5) is 10.1. The molecule has 0 aromatic heterocycles. The molecule has 1 aliphatic rings. The summed E-state index contributed by atoms with van der Waals surface area (Å²) in [5.41, 5.74) is 7.26. The average Bonchev–Trinajstić information content (AvgIpc) is 2.08. The molecule has 5 heteroatoms. The van der Waals surface area contributed by atoms with E-state index in [4.69, 9.17) is 10.8 Å². The smallest absolute Gasteiger partial charge is 0.122 e. The lowest BCUT2D eigenvalue weighted by atomic mass is 10.3. The van der Waals surface area contributed by atoms with Gasteiger partial charge in [-0.05, 0) is 19.9 Å². The van der Waals surface area contributed by atoms with E-state index < -0.39 is 6.23 Å². The Bertz CT molecular complexity index is 281. The molecular formula is C9H16N4O. The van der Waals surface area contributed by atoms with Crippen molar-refractivity contribution >= 4 is 12.1 Å². The molecule has 1 aliphatic heterocycles. The first-order valence-corrected chi connectivity index (χ1v) is 4.49. The van der Waals surface area contributed by atoms with Crippen molar-refractivity contribution in [2.45, 2.75) is 20.1 Å². The van der Waals surface area contributed by atoms with Crippen LogP contribution in [0.3, 0.4) is 0 Å². The number of nitrogens with two attached hydrogens (primary N) is 1. The first-order chi connectivity index (χ1) is 6.59. The average molecular weight is 196 g/mol. The highest BCUT2D eigenvalue weighted by molar-refractivity contribution is 5.94. The lowest BCUT2D eigenvalue weighted by Gasteiger charge is -2.21. The molecule has 0 saturated heterocycles. The summed E-state index contributed by atoms with van der Waals surface area (Å²) in [5, 5.41) is 8.79. The minimum Gasteiger partial charge on any atom is -0.377 e. The van der Waals surface area contributed by atoms with Crippen molar-refractivity contribution in [3.05, 3.63) is 11.8 Å². The zero-order chi connectivity index (χ0) is 10.6. The van der Waals surface area contributed by atoms with Crippen molar-refractivity contribution in [1.29, 1.82) is 0 Å². The Labute approximate surface area is 83.6 Å². The van der Waals surface area contributed by atoms with Crippen molar-refractivity contribution in [3.8, 4) is 0 Å². The minimum absolute atomic E-state index is 0.215. The van der Waals surface area contributed by atoms with E-state index in [0.717, 1.165) is 11.4 Å². The second kappa shape index (κ2) is 4.88. The van der Waals surface area contributed by atoms with Gasteiger partial charge >= 0.3 is 0 Å². The molecule has 0 spiro atoms. The highest BCUT2D eigenvalue weighted by atomic mass is 16.3. The highest BCUT2D eigenvalue weighted by Gasteiger charge is 2.06. The molecule has 1 heterocycles. The molecule has 0 fully saturated rings. The third-order valence-electron chi connectivity index (χ3n) is 1.86. The van der Waals surface area contributed by atoms with Gasteiger partial charge in [-0.15, -0.1) is 0 Å². The summed E-state index contributed by atoms with van der Waals surface area (Å²) in [6.07, 6.45) is 2.75. The third kappa shape index (κ3) is 3.27. The number of aliphatic hydroxyl groups excluding tert-OH is 1. The predicted molar refractivity (Wildman–Crippen MR) is 57.1 cm³/mol. The summed E-state index contributed by atoms with van der Waals surface area (Å²) in [5.74, 6) is 0. The van der Waals surface area contributed by atoms with Crippen LogP contribution in [0.5, 0.6) is 0 Å². The maximum absolute atomic E-state index is 8.79. The molecule has 0 radical (unpaired) electrons. The maximum atomic E-state index is 8.79. The van der Waals surface area contributed by atoms with Crippen molar-refractivity contribution in [1.82, 2.24) is 4.90 Å². The number of hydrogen-bond acceptors (Lipinski definition) is 4. The fourth-order valence-corrected chi connectivity index (χ4v) is 1.11. The third-order valence-corrected chi connectivity index (χ3v) is 1.86. The van der Waals surface area contributed by atoms with Crippen molar-refractivity contribution in [2.24, 2.45) is 15.7 Å². The van der Waals surface area contributed by atoms with Crippen LogP contribution in [0.15, 0.2) is 21.8 Å². The highest BCUT2D eigenvalue weighted by Crippen LogP contribution is 2.06. The molecule has 0 aliphatic carbocycles. The largest absolute Gasteiger partial charge is 0.377 e. The van der Waals surface area contributed by atoms with Crippen LogP contribution in [-0.4, -0.2) is 41.5 Å². The first-order valence-electron chi connectivity index (χ1n) is 4.49. The lowest BCUT2D eigenvalue weighted by molar-refractivity contribution is 0.191. The van der Waals surface area contributed by atoms with Gasteiger partial charge in [0.15, 0.2) is 0 Å². The summed E-state index contributed by atoms with van der Waals surface area (Å²) in [7, 11) is 0. The van der Waals surface area contributed by atoms with Gasteiger partial charge < -0.3 is 15.7 Å². The maximum Gasteiger partial charge on any atom is 0.122 e. The number of rotatable bonds is 3. The zero-order valence-electron chi connectivity index (χ0n) is 8.51. The monoisotopic (exact) mass is 196 g/mol. The molecule has 1 atom stereocenters. The summed E-state index contributed by atoms with van der Waals surface area (Å²) in [6.45, 7) is 4.75. The van der Waals surface area contributed by atoms with Gasteiger partial charge in [-0.3, -0.25) is 9.98 Å². The second-order valence-electron chi connectivity index (χ2n) is 3.24. The van der Waals surface area contributed by atoms with Crippen LogP contribution in [0, 0.1) is 0 Å². The Morgan fingerprint density at radius 1 is 1.79 bits per heavy atom. The molecule has 1 unspecified atom stereocenters. The summed E-state index contributed by atoms with van der Waals surface area (Å²) < 4.78 is 0. The summed E-state index contributed by atoms with van der Waals surface area (Å²) >= 11 is 0. The lowest BCUT2D eigenvalue weighted by Crippen LogP contribution is -2.26. The number of nitrogens with zero attached hydrogens (tertiary/aromatic N) is 3. The Balaban J connectivity index is 2.48. The number of aliphatic imine (C=N–C) groups is 2. The van der Waals surface area contributed by atoms with E-state index >= 15 is 0 Å². The van der Waals surface area contributed by atoms with E-state index in [1.54, 1.807) is 6.34 Å². The summed E-state index contributed by atoms with van der Waals surface area (Å²) in [6, 6.07) is 0. The molecule has 0 bridgehead atoms. The van der Waals surface area contributed by atoms with Gasteiger partial charge in [-0.1, -0.05) is 0 Å². The van der Waals surface area contributed by atoms with Crippen LogP contribution < -0.4 is 5.73 Å². The van der Waals surface area contributed by atoms with Crippen LogP contribution in [0.1, 0.15) is 13.8 Å². The molecule has 0 amide bonds. The van der Waals surface area contributed by atoms with Gasteiger partial charge in [-0.25, -0.2) is 0 Å². The Morgan fingerprint density at radius 2 is 2.50 bits per heavy atom. The van der Waals surface area contributed by atoms with E-state index in [-0.39, 0.29) is 6.54 Å². The van der Waals surface area contributed by atoms with Gasteiger partial charge in [-0.2, -0.15) is 0 Å². The van der Waals surface area contributed by atoms with Gasteiger partial charge in [0.1, 0.15) is 12.9 Å². The molecule has 5 nitrogen and oxygen atoms in total. The van der Waals surface area contributed by atoms with Crippen LogP contribution in [0.4, 0.5) is 0 Å². The standard InChI is InChI=1S/C9H16N4O/c1-7-3-8(2)13(6-12-7)5-11-4-9(10)14/h3,5,9,14H,4,6,10H2,1-2H3/b11-5-. The number of aliphatic hydroxyl groups is 1.